The second-order valence-corrected chi connectivity index (χ2v) is 5.51. The molecule has 2 atom stereocenters. The van der Waals surface area contributed by atoms with Gasteiger partial charge in [-0.1, -0.05) is 12.8 Å². The summed E-state index contributed by atoms with van der Waals surface area (Å²) in [6, 6.07) is 1.02. The Morgan fingerprint density at radius 3 is 2.50 bits per heavy atom. The Morgan fingerprint density at radius 2 is 1.81 bits per heavy atom. The lowest BCUT2D eigenvalue weighted by atomic mass is 9.89. The van der Waals surface area contributed by atoms with Gasteiger partial charge >= 0.3 is 0 Å². The largest absolute Gasteiger partial charge is 0.381 e. The van der Waals surface area contributed by atoms with Gasteiger partial charge in [0.05, 0.1) is 0 Å². The molecule has 0 aromatic rings. The molecule has 2 N–H and O–H groups in total. The fourth-order valence-electron chi connectivity index (χ4n) is 3.16. The Labute approximate surface area is 99.3 Å². The minimum absolute atomic E-state index is 0.401. The molecule has 1 saturated carbocycles. The zero-order chi connectivity index (χ0) is 11.4. The summed E-state index contributed by atoms with van der Waals surface area (Å²) < 4.78 is 5.40. The molecule has 0 radical (unpaired) electrons. The Bertz CT molecular complexity index is 204. The van der Waals surface area contributed by atoms with Crippen LogP contribution in [0.5, 0.6) is 0 Å². The highest BCUT2D eigenvalue weighted by Gasteiger charge is 2.27. The van der Waals surface area contributed by atoms with E-state index in [-0.39, 0.29) is 0 Å². The molecule has 0 bridgehead atoms. The Morgan fingerprint density at radius 1 is 1.12 bits per heavy atom. The first kappa shape index (κ1) is 12.3. The van der Waals surface area contributed by atoms with Gasteiger partial charge in [-0.3, -0.25) is 0 Å². The minimum Gasteiger partial charge on any atom is -0.381 e. The number of hydrogen-bond donors (Lipinski definition) is 1. The lowest BCUT2D eigenvalue weighted by molar-refractivity contribution is 0.0452. The molecule has 16 heavy (non-hydrogen) atoms. The molecule has 0 aromatic heterocycles. The van der Waals surface area contributed by atoms with E-state index in [0.717, 1.165) is 19.1 Å². The van der Waals surface area contributed by atoms with Crippen molar-refractivity contribution in [3.63, 3.8) is 0 Å². The van der Waals surface area contributed by atoms with Crippen molar-refractivity contribution < 1.29 is 4.74 Å². The third-order valence-corrected chi connectivity index (χ3v) is 4.23. The standard InChI is InChI=1S/C13H26N2O/c1-15(10-11-6-8-16-9-7-11)13-5-3-2-4-12(13)14/h11-13H,2-10,14H2,1H3. The molecule has 1 heterocycles. The molecule has 3 heteroatoms. The fourth-order valence-corrected chi connectivity index (χ4v) is 3.16. The quantitative estimate of drug-likeness (QED) is 0.794. The molecule has 2 fully saturated rings. The van der Waals surface area contributed by atoms with Crippen molar-refractivity contribution in [1.29, 1.82) is 0 Å². The lowest BCUT2D eigenvalue weighted by Gasteiger charge is -2.38. The number of likely N-dealkylation sites (N-methyl/N-ethyl adjacent to an activating group) is 1. The van der Waals surface area contributed by atoms with Crippen LogP contribution in [0, 0.1) is 5.92 Å². The van der Waals surface area contributed by atoms with Crippen molar-refractivity contribution >= 4 is 0 Å². The molecule has 3 nitrogen and oxygen atoms in total. The highest BCUT2D eigenvalue weighted by Crippen LogP contribution is 2.23. The molecule has 2 aliphatic rings. The second kappa shape index (κ2) is 5.99. The van der Waals surface area contributed by atoms with Crippen LogP contribution in [0.2, 0.25) is 0 Å². The van der Waals surface area contributed by atoms with Crippen LogP contribution in [0.25, 0.3) is 0 Å². The smallest absolute Gasteiger partial charge is 0.0469 e. The number of rotatable bonds is 3. The summed E-state index contributed by atoms with van der Waals surface area (Å²) in [7, 11) is 2.26. The normalized spacial score (nSPS) is 33.2. The van der Waals surface area contributed by atoms with Gasteiger partial charge in [0, 0.05) is 31.8 Å². The molecule has 2 rings (SSSR count). The molecule has 0 amide bonds. The number of nitrogens with zero attached hydrogens (tertiary/aromatic N) is 1. The van der Waals surface area contributed by atoms with Crippen LogP contribution < -0.4 is 5.73 Å². The van der Waals surface area contributed by atoms with Crippen LogP contribution in [0.15, 0.2) is 0 Å². The van der Waals surface area contributed by atoms with Crippen LogP contribution >= 0.6 is 0 Å². The van der Waals surface area contributed by atoms with E-state index in [9.17, 15) is 0 Å². The zero-order valence-electron chi connectivity index (χ0n) is 10.5. The number of hydrogen-bond acceptors (Lipinski definition) is 3. The molecule has 2 unspecified atom stereocenters. The summed E-state index contributed by atoms with van der Waals surface area (Å²) in [5.41, 5.74) is 6.22. The van der Waals surface area contributed by atoms with E-state index in [2.05, 4.69) is 11.9 Å². The van der Waals surface area contributed by atoms with Crippen molar-refractivity contribution in [2.75, 3.05) is 26.8 Å². The SMILES string of the molecule is CN(CC1CCOCC1)C1CCCCC1N. The fraction of sp³-hybridized carbons (Fsp3) is 1.00. The topological polar surface area (TPSA) is 38.5 Å². The Kier molecular flexibility index (Phi) is 4.62. The van der Waals surface area contributed by atoms with Crippen LogP contribution in [0.1, 0.15) is 38.5 Å². The van der Waals surface area contributed by atoms with Gasteiger partial charge in [0.2, 0.25) is 0 Å². The van der Waals surface area contributed by atoms with Crippen molar-refractivity contribution in [2.45, 2.75) is 50.6 Å². The van der Waals surface area contributed by atoms with Gasteiger partial charge in [0.15, 0.2) is 0 Å². The Hall–Kier alpha value is -0.120. The first-order valence-corrected chi connectivity index (χ1v) is 6.81. The van der Waals surface area contributed by atoms with E-state index >= 15 is 0 Å². The van der Waals surface area contributed by atoms with Gasteiger partial charge in [-0.25, -0.2) is 0 Å². The molecular formula is C13H26N2O. The molecular weight excluding hydrogens is 200 g/mol. The average Bonchev–Trinajstić information content (AvgIpc) is 2.31. The molecule has 1 aliphatic heterocycles. The van der Waals surface area contributed by atoms with Gasteiger partial charge in [0.25, 0.3) is 0 Å². The van der Waals surface area contributed by atoms with Gasteiger partial charge in [-0.15, -0.1) is 0 Å². The first-order valence-electron chi connectivity index (χ1n) is 6.81. The summed E-state index contributed by atoms with van der Waals surface area (Å²) in [4.78, 5) is 2.51. The second-order valence-electron chi connectivity index (χ2n) is 5.51. The third-order valence-electron chi connectivity index (χ3n) is 4.23. The summed E-state index contributed by atoms with van der Waals surface area (Å²) in [6.45, 7) is 3.12. The number of nitrogens with two attached hydrogens (primary N) is 1. The predicted molar refractivity (Wildman–Crippen MR) is 66.4 cm³/mol. The molecule has 0 aromatic carbocycles. The van der Waals surface area contributed by atoms with Crippen molar-refractivity contribution in [3.05, 3.63) is 0 Å². The van der Waals surface area contributed by atoms with Crippen LogP contribution in [-0.4, -0.2) is 43.8 Å². The number of ether oxygens (including phenoxy) is 1. The van der Waals surface area contributed by atoms with Gasteiger partial charge in [-0.05, 0) is 38.6 Å². The third kappa shape index (κ3) is 3.19. The summed E-state index contributed by atoms with van der Waals surface area (Å²) in [5, 5.41) is 0. The lowest BCUT2D eigenvalue weighted by Crippen LogP contribution is -2.49. The van der Waals surface area contributed by atoms with E-state index in [1.807, 2.05) is 0 Å². The van der Waals surface area contributed by atoms with E-state index < -0.39 is 0 Å². The van der Waals surface area contributed by atoms with Gasteiger partial charge in [-0.2, -0.15) is 0 Å². The summed E-state index contributed by atoms with van der Waals surface area (Å²) >= 11 is 0. The maximum atomic E-state index is 6.22. The maximum Gasteiger partial charge on any atom is 0.0469 e. The van der Waals surface area contributed by atoms with E-state index in [0.29, 0.717) is 12.1 Å². The molecule has 1 aliphatic carbocycles. The van der Waals surface area contributed by atoms with Crippen LogP contribution in [0.4, 0.5) is 0 Å². The highest BCUT2D eigenvalue weighted by molar-refractivity contribution is 4.85. The van der Waals surface area contributed by atoms with E-state index in [1.54, 1.807) is 0 Å². The van der Waals surface area contributed by atoms with E-state index in [1.165, 1.54) is 45.1 Å². The van der Waals surface area contributed by atoms with Crippen LogP contribution in [-0.2, 0) is 4.74 Å². The van der Waals surface area contributed by atoms with Crippen molar-refractivity contribution in [2.24, 2.45) is 11.7 Å². The molecule has 94 valence electrons. The predicted octanol–water partition coefficient (Wildman–Crippen LogP) is 1.61. The van der Waals surface area contributed by atoms with Gasteiger partial charge in [0.1, 0.15) is 0 Å². The average molecular weight is 226 g/mol. The zero-order valence-corrected chi connectivity index (χ0v) is 10.5. The Balaban J connectivity index is 1.78. The first-order chi connectivity index (χ1) is 7.77. The maximum absolute atomic E-state index is 6.22. The van der Waals surface area contributed by atoms with Crippen LogP contribution in [0.3, 0.4) is 0 Å². The highest BCUT2D eigenvalue weighted by atomic mass is 16.5. The summed E-state index contributed by atoms with van der Waals surface area (Å²) in [5.74, 6) is 0.827. The monoisotopic (exact) mass is 226 g/mol. The van der Waals surface area contributed by atoms with Crippen molar-refractivity contribution in [1.82, 2.24) is 4.90 Å². The molecule has 0 spiro atoms. The van der Waals surface area contributed by atoms with Crippen molar-refractivity contribution in [3.8, 4) is 0 Å². The summed E-state index contributed by atoms with van der Waals surface area (Å²) in [6.07, 6.45) is 7.64. The minimum atomic E-state index is 0.401. The van der Waals surface area contributed by atoms with Gasteiger partial charge < -0.3 is 15.4 Å². The molecule has 1 saturated heterocycles. The van der Waals surface area contributed by atoms with E-state index in [4.69, 9.17) is 10.5 Å².